The second-order valence-electron chi connectivity index (χ2n) is 8.06. The number of nitriles is 1. The number of pyridine rings is 1. The van der Waals surface area contributed by atoms with E-state index >= 15 is 0 Å². The minimum atomic E-state index is -0.445. The molecule has 0 aliphatic carbocycles. The van der Waals surface area contributed by atoms with Gasteiger partial charge < -0.3 is 15.3 Å². The Balaban J connectivity index is 1.35. The molecule has 1 saturated heterocycles. The highest BCUT2D eigenvalue weighted by atomic mass is 16.3. The van der Waals surface area contributed by atoms with Gasteiger partial charge in [-0.15, -0.1) is 5.10 Å². The maximum Gasteiger partial charge on any atom is 0.253 e. The van der Waals surface area contributed by atoms with E-state index in [2.05, 4.69) is 21.5 Å². The first-order valence-electron chi connectivity index (χ1n) is 10.8. The van der Waals surface area contributed by atoms with E-state index in [0.717, 1.165) is 29.7 Å². The Morgan fingerprint density at radius 1 is 1.12 bits per heavy atom. The Labute approximate surface area is 190 Å². The van der Waals surface area contributed by atoms with Gasteiger partial charge >= 0.3 is 0 Å². The molecule has 1 fully saturated rings. The van der Waals surface area contributed by atoms with Crippen molar-refractivity contribution in [3.8, 4) is 17.2 Å². The number of benzene rings is 2. The number of hydrogen-bond donors (Lipinski definition) is 2. The second kappa shape index (κ2) is 8.73. The number of anilines is 2. The lowest BCUT2D eigenvalue weighted by Gasteiger charge is -2.30. The molecule has 0 bridgehead atoms. The van der Waals surface area contributed by atoms with Crippen LogP contribution in [0.3, 0.4) is 0 Å². The zero-order chi connectivity index (χ0) is 22.8. The largest absolute Gasteiger partial charge is 0.391 e. The van der Waals surface area contributed by atoms with Crippen molar-refractivity contribution in [1.82, 2.24) is 19.5 Å². The summed E-state index contributed by atoms with van der Waals surface area (Å²) in [6.07, 6.45) is 2.94. The van der Waals surface area contributed by atoms with E-state index in [4.69, 9.17) is 5.26 Å². The number of carbonyl (C=O) groups excluding carboxylic acids is 1. The predicted octanol–water partition coefficient (Wildman–Crippen LogP) is 3.61. The van der Waals surface area contributed by atoms with Gasteiger partial charge in [-0.2, -0.15) is 10.2 Å². The zero-order valence-corrected chi connectivity index (χ0v) is 17.8. The van der Waals surface area contributed by atoms with Crippen molar-refractivity contribution in [2.45, 2.75) is 18.9 Å². The maximum atomic E-state index is 12.7. The Kier molecular flexibility index (Phi) is 5.47. The van der Waals surface area contributed by atoms with Crippen molar-refractivity contribution in [3.63, 3.8) is 0 Å². The van der Waals surface area contributed by atoms with Gasteiger partial charge in [0.15, 0.2) is 5.65 Å². The molecule has 5 rings (SSSR count). The van der Waals surface area contributed by atoms with E-state index in [9.17, 15) is 9.90 Å². The van der Waals surface area contributed by atoms with Crippen LogP contribution < -0.4 is 5.32 Å². The van der Waals surface area contributed by atoms with Crippen LogP contribution in [0.25, 0.3) is 16.8 Å². The molecule has 8 nitrogen and oxygen atoms in total. The van der Waals surface area contributed by atoms with Crippen molar-refractivity contribution in [3.05, 3.63) is 78.0 Å². The standard InChI is InChI=1S/C25H22N6O2/c26-15-17-5-7-18(8-6-17)22-4-2-14-31-23(22)28-25(29-31)27-20-11-9-19(10-12-20)24(33)30-13-1-3-21(32)16-30/h2,4-12,14,21,32H,1,3,13,16H2,(H,27,29)/t21-/m1/s1. The van der Waals surface area contributed by atoms with Crippen LogP contribution >= 0.6 is 0 Å². The summed E-state index contributed by atoms with van der Waals surface area (Å²) in [6.45, 7) is 1.05. The van der Waals surface area contributed by atoms with Crippen LogP contribution in [0.2, 0.25) is 0 Å². The molecule has 3 heterocycles. The van der Waals surface area contributed by atoms with Gasteiger partial charge in [0.1, 0.15) is 0 Å². The summed E-state index contributed by atoms with van der Waals surface area (Å²) in [5, 5.41) is 26.5. The van der Waals surface area contributed by atoms with Crippen LogP contribution in [0.1, 0.15) is 28.8 Å². The van der Waals surface area contributed by atoms with E-state index in [0.29, 0.717) is 35.8 Å². The zero-order valence-electron chi connectivity index (χ0n) is 17.8. The third-order valence-corrected chi connectivity index (χ3v) is 5.76. The number of aliphatic hydroxyl groups excluding tert-OH is 1. The number of amides is 1. The maximum absolute atomic E-state index is 12.7. The molecule has 0 unspecified atom stereocenters. The monoisotopic (exact) mass is 438 g/mol. The van der Waals surface area contributed by atoms with Gasteiger partial charge in [0, 0.05) is 36.1 Å². The number of likely N-dealkylation sites (tertiary alicyclic amines) is 1. The molecule has 8 heteroatoms. The highest BCUT2D eigenvalue weighted by Crippen LogP contribution is 2.25. The van der Waals surface area contributed by atoms with Gasteiger partial charge in [-0.05, 0) is 66.9 Å². The topological polar surface area (TPSA) is 107 Å². The third-order valence-electron chi connectivity index (χ3n) is 5.76. The fourth-order valence-corrected chi connectivity index (χ4v) is 4.06. The highest BCUT2D eigenvalue weighted by molar-refractivity contribution is 5.94. The molecule has 1 aliphatic heterocycles. The van der Waals surface area contributed by atoms with Crippen molar-refractivity contribution < 1.29 is 9.90 Å². The molecule has 4 aromatic rings. The second-order valence-corrected chi connectivity index (χ2v) is 8.06. The Morgan fingerprint density at radius 3 is 2.64 bits per heavy atom. The molecule has 2 N–H and O–H groups in total. The van der Waals surface area contributed by atoms with Gasteiger partial charge in [-0.25, -0.2) is 4.52 Å². The lowest BCUT2D eigenvalue weighted by atomic mass is 10.1. The lowest BCUT2D eigenvalue weighted by molar-refractivity contribution is 0.0474. The number of nitrogens with one attached hydrogen (secondary N) is 1. The molecular weight excluding hydrogens is 416 g/mol. The summed E-state index contributed by atoms with van der Waals surface area (Å²) < 4.78 is 1.70. The first kappa shape index (κ1) is 20.7. The number of carbonyl (C=O) groups is 1. The average Bonchev–Trinajstić information content (AvgIpc) is 3.26. The number of hydrogen-bond acceptors (Lipinski definition) is 6. The van der Waals surface area contributed by atoms with Crippen LogP contribution in [0.4, 0.5) is 11.6 Å². The SMILES string of the molecule is N#Cc1ccc(-c2cccn3nc(Nc4ccc(C(=O)N5CCC[C@@H](O)C5)cc4)nc23)cc1. The number of fused-ring (bicyclic) bond motifs is 1. The summed E-state index contributed by atoms with van der Waals surface area (Å²) in [6, 6.07) is 20.5. The van der Waals surface area contributed by atoms with E-state index in [1.54, 1.807) is 33.7 Å². The molecule has 1 aliphatic rings. The summed E-state index contributed by atoms with van der Waals surface area (Å²) in [5.74, 6) is 0.368. The third kappa shape index (κ3) is 4.27. The number of aromatic nitrogens is 3. The molecule has 2 aromatic heterocycles. The smallest absolute Gasteiger partial charge is 0.253 e. The lowest BCUT2D eigenvalue weighted by Crippen LogP contribution is -2.42. The van der Waals surface area contributed by atoms with Crippen LogP contribution in [-0.2, 0) is 0 Å². The average molecular weight is 438 g/mol. The number of β-amino-alcohol motifs (C(OH)–C–C–N with tert-alkyl or cyclic N) is 1. The molecule has 0 spiro atoms. The van der Waals surface area contributed by atoms with Gasteiger partial charge in [-0.1, -0.05) is 12.1 Å². The van der Waals surface area contributed by atoms with Crippen LogP contribution in [0, 0.1) is 11.3 Å². The quantitative estimate of drug-likeness (QED) is 0.504. The number of piperidine rings is 1. The van der Waals surface area contributed by atoms with Gasteiger partial charge in [0.05, 0.1) is 17.7 Å². The minimum Gasteiger partial charge on any atom is -0.391 e. The fraction of sp³-hybridized carbons (Fsp3) is 0.200. The Hall–Kier alpha value is -4.22. The molecular formula is C25H22N6O2. The number of rotatable bonds is 4. The summed E-state index contributed by atoms with van der Waals surface area (Å²) >= 11 is 0. The number of nitrogens with zero attached hydrogens (tertiary/aromatic N) is 5. The van der Waals surface area contributed by atoms with Crippen molar-refractivity contribution in [1.29, 1.82) is 5.26 Å². The molecule has 164 valence electrons. The van der Waals surface area contributed by atoms with E-state index < -0.39 is 6.10 Å². The Bertz CT molecular complexity index is 1340. The molecule has 1 amide bonds. The van der Waals surface area contributed by atoms with Crippen molar-refractivity contribution >= 4 is 23.2 Å². The summed E-state index contributed by atoms with van der Waals surface area (Å²) in [5.41, 5.74) is 4.51. The van der Waals surface area contributed by atoms with Crippen LogP contribution in [0.15, 0.2) is 66.9 Å². The molecule has 1 atom stereocenters. The van der Waals surface area contributed by atoms with Crippen LogP contribution in [0.5, 0.6) is 0 Å². The first-order chi connectivity index (χ1) is 16.1. The molecule has 0 radical (unpaired) electrons. The van der Waals surface area contributed by atoms with E-state index in [-0.39, 0.29) is 5.91 Å². The van der Waals surface area contributed by atoms with Gasteiger partial charge in [-0.3, -0.25) is 4.79 Å². The van der Waals surface area contributed by atoms with Gasteiger partial charge in [0.25, 0.3) is 5.91 Å². The predicted molar refractivity (Wildman–Crippen MR) is 124 cm³/mol. The van der Waals surface area contributed by atoms with Crippen LogP contribution in [-0.4, -0.2) is 49.7 Å². The Morgan fingerprint density at radius 2 is 1.91 bits per heavy atom. The minimum absolute atomic E-state index is 0.0711. The first-order valence-corrected chi connectivity index (χ1v) is 10.8. The molecule has 33 heavy (non-hydrogen) atoms. The molecule has 0 saturated carbocycles. The fourth-order valence-electron chi connectivity index (χ4n) is 4.06. The summed E-state index contributed by atoms with van der Waals surface area (Å²) in [4.78, 5) is 19.0. The normalized spacial score (nSPS) is 15.9. The van der Waals surface area contributed by atoms with Crippen molar-refractivity contribution in [2.75, 3.05) is 18.4 Å². The van der Waals surface area contributed by atoms with Crippen molar-refractivity contribution in [2.24, 2.45) is 0 Å². The van der Waals surface area contributed by atoms with E-state index in [1.165, 1.54) is 0 Å². The highest BCUT2D eigenvalue weighted by Gasteiger charge is 2.23. The number of aliphatic hydroxyl groups is 1. The molecule has 2 aromatic carbocycles. The van der Waals surface area contributed by atoms with Gasteiger partial charge in [0.2, 0.25) is 5.95 Å². The summed E-state index contributed by atoms with van der Waals surface area (Å²) in [7, 11) is 0. The van der Waals surface area contributed by atoms with E-state index in [1.807, 2.05) is 42.6 Å².